The highest BCUT2D eigenvalue weighted by Gasteiger charge is 2.57. The van der Waals surface area contributed by atoms with Crippen LogP contribution in [-0.2, 0) is 10.3 Å². The number of hydrogen-bond donors (Lipinski definition) is 2. The summed E-state index contributed by atoms with van der Waals surface area (Å²) in [6, 6.07) is 13.0. The highest BCUT2D eigenvalue weighted by molar-refractivity contribution is 6.04. The Hall–Kier alpha value is -4.34. The van der Waals surface area contributed by atoms with E-state index in [9.17, 15) is 9.59 Å². The molecular formula is C25H22FN5O4. The quantitative estimate of drug-likeness (QED) is 0.585. The van der Waals surface area contributed by atoms with Gasteiger partial charge in [0, 0.05) is 22.7 Å². The number of fused-ring (bicyclic) bond motifs is 1. The third-order valence-corrected chi connectivity index (χ3v) is 6.15. The lowest BCUT2D eigenvalue weighted by molar-refractivity contribution is 0.0954. The Morgan fingerprint density at radius 3 is 2.60 bits per heavy atom. The predicted octanol–water partition coefficient (Wildman–Crippen LogP) is 3.30. The molecule has 10 heteroatoms. The first kappa shape index (κ1) is 22.5. The van der Waals surface area contributed by atoms with Crippen LogP contribution in [0.2, 0.25) is 0 Å². The summed E-state index contributed by atoms with van der Waals surface area (Å²) in [5.74, 6) is -1.12. The fraction of sp³-hybridized carbons (Fsp3) is 0.240. The largest absolute Gasteiger partial charge is 0.480 e. The molecule has 1 aliphatic heterocycles. The van der Waals surface area contributed by atoms with Gasteiger partial charge in [0.15, 0.2) is 0 Å². The number of carbonyl (C=O) groups excluding carboxylic acids is 2. The predicted molar refractivity (Wildman–Crippen MR) is 125 cm³/mol. The SMILES string of the molecule is COc1cnc(C(=O)Nc2ccc(F)c([C@@]3(C)N=C(NC(=O)c4ccccc4)O[C@H]4C[C@H]43)c2)cn1. The summed E-state index contributed by atoms with van der Waals surface area (Å²) in [6.07, 6.45) is 3.11. The van der Waals surface area contributed by atoms with Gasteiger partial charge >= 0.3 is 0 Å². The van der Waals surface area contributed by atoms with E-state index < -0.39 is 17.3 Å². The van der Waals surface area contributed by atoms with Crippen LogP contribution in [-0.4, -0.2) is 41.0 Å². The zero-order chi connectivity index (χ0) is 24.6. The molecule has 1 fully saturated rings. The van der Waals surface area contributed by atoms with E-state index in [1.165, 1.54) is 31.6 Å². The first-order chi connectivity index (χ1) is 16.9. The molecule has 0 unspecified atom stereocenters. The second-order valence-corrected chi connectivity index (χ2v) is 8.48. The molecule has 2 heterocycles. The number of anilines is 1. The molecule has 0 spiro atoms. The summed E-state index contributed by atoms with van der Waals surface area (Å²) in [5, 5.41) is 5.40. The number of aliphatic imine (C=N–C) groups is 1. The zero-order valence-electron chi connectivity index (χ0n) is 19.0. The fourth-order valence-electron chi connectivity index (χ4n) is 4.16. The van der Waals surface area contributed by atoms with Crippen LogP contribution >= 0.6 is 0 Å². The summed E-state index contributed by atoms with van der Waals surface area (Å²) in [7, 11) is 1.45. The molecule has 3 atom stereocenters. The summed E-state index contributed by atoms with van der Waals surface area (Å²) in [6.45, 7) is 1.80. The van der Waals surface area contributed by atoms with E-state index in [2.05, 4.69) is 25.6 Å². The van der Waals surface area contributed by atoms with Crippen molar-refractivity contribution in [2.45, 2.75) is 25.0 Å². The smallest absolute Gasteiger partial charge is 0.292 e. The van der Waals surface area contributed by atoms with Crippen molar-refractivity contribution in [3.8, 4) is 5.88 Å². The van der Waals surface area contributed by atoms with Crippen LogP contribution in [0.1, 0.15) is 39.8 Å². The minimum Gasteiger partial charge on any atom is -0.480 e. The van der Waals surface area contributed by atoms with E-state index in [4.69, 9.17) is 9.47 Å². The highest BCUT2D eigenvalue weighted by Crippen LogP contribution is 2.53. The first-order valence-electron chi connectivity index (χ1n) is 11.0. The number of aromatic nitrogens is 2. The van der Waals surface area contributed by atoms with Gasteiger partial charge in [-0.15, -0.1) is 0 Å². The zero-order valence-corrected chi connectivity index (χ0v) is 19.0. The van der Waals surface area contributed by atoms with Crippen LogP contribution in [0.15, 0.2) is 65.9 Å². The number of carbonyl (C=O) groups is 2. The van der Waals surface area contributed by atoms with Crippen molar-refractivity contribution < 1.29 is 23.5 Å². The molecule has 9 nitrogen and oxygen atoms in total. The van der Waals surface area contributed by atoms with E-state index in [1.807, 2.05) is 6.07 Å². The molecule has 0 radical (unpaired) electrons. The van der Waals surface area contributed by atoms with Crippen molar-refractivity contribution in [2.75, 3.05) is 12.4 Å². The monoisotopic (exact) mass is 475 g/mol. The molecule has 0 bridgehead atoms. The second kappa shape index (κ2) is 8.79. The molecule has 1 aromatic heterocycles. The van der Waals surface area contributed by atoms with Crippen molar-refractivity contribution in [3.63, 3.8) is 0 Å². The molecular weight excluding hydrogens is 453 g/mol. The molecule has 1 saturated carbocycles. The minimum absolute atomic E-state index is 0.0439. The number of ether oxygens (including phenoxy) is 2. The average Bonchev–Trinajstić information content (AvgIpc) is 3.66. The van der Waals surface area contributed by atoms with E-state index in [1.54, 1.807) is 37.3 Å². The average molecular weight is 475 g/mol. The molecule has 2 aromatic carbocycles. The van der Waals surface area contributed by atoms with Crippen LogP contribution in [0.5, 0.6) is 5.88 Å². The van der Waals surface area contributed by atoms with Crippen LogP contribution in [0.25, 0.3) is 0 Å². The molecule has 3 aromatic rings. The van der Waals surface area contributed by atoms with Gasteiger partial charge in [0.2, 0.25) is 5.88 Å². The van der Waals surface area contributed by atoms with Gasteiger partial charge < -0.3 is 14.8 Å². The third kappa shape index (κ3) is 4.42. The number of amidine groups is 1. The van der Waals surface area contributed by atoms with Crippen molar-refractivity contribution in [1.29, 1.82) is 0 Å². The minimum atomic E-state index is -0.993. The Morgan fingerprint density at radius 2 is 1.89 bits per heavy atom. The summed E-state index contributed by atoms with van der Waals surface area (Å²) >= 11 is 0. The maximum Gasteiger partial charge on any atom is 0.292 e. The number of halogens is 1. The van der Waals surface area contributed by atoms with Crippen molar-refractivity contribution >= 4 is 23.5 Å². The van der Waals surface area contributed by atoms with Crippen LogP contribution in [0.4, 0.5) is 10.1 Å². The maximum atomic E-state index is 15.0. The molecule has 1 aliphatic carbocycles. The number of amides is 2. The Morgan fingerprint density at radius 1 is 1.09 bits per heavy atom. The van der Waals surface area contributed by atoms with Crippen molar-refractivity contribution in [2.24, 2.45) is 10.9 Å². The van der Waals surface area contributed by atoms with E-state index in [0.29, 0.717) is 23.2 Å². The Balaban J connectivity index is 1.40. The third-order valence-electron chi connectivity index (χ3n) is 6.15. The number of rotatable bonds is 5. The second-order valence-electron chi connectivity index (χ2n) is 8.48. The molecule has 2 aliphatic rings. The van der Waals surface area contributed by atoms with Gasteiger partial charge in [-0.1, -0.05) is 18.2 Å². The lowest BCUT2D eigenvalue weighted by Gasteiger charge is -2.31. The van der Waals surface area contributed by atoms with Gasteiger partial charge in [-0.25, -0.2) is 19.4 Å². The van der Waals surface area contributed by atoms with Crippen LogP contribution in [0.3, 0.4) is 0 Å². The number of methoxy groups -OCH3 is 1. The van der Waals surface area contributed by atoms with Gasteiger partial charge in [0.1, 0.15) is 17.6 Å². The van der Waals surface area contributed by atoms with Gasteiger partial charge in [-0.3, -0.25) is 14.9 Å². The topological polar surface area (TPSA) is 115 Å². The number of nitrogens with one attached hydrogen (secondary N) is 2. The van der Waals surface area contributed by atoms with Crippen LogP contribution < -0.4 is 15.4 Å². The van der Waals surface area contributed by atoms with E-state index in [-0.39, 0.29) is 35.5 Å². The number of hydrogen-bond acceptors (Lipinski definition) is 7. The Labute approximate surface area is 200 Å². The van der Waals surface area contributed by atoms with Crippen LogP contribution in [0, 0.1) is 11.7 Å². The summed E-state index contributed by atoms with van der Waals surface area (Å²) in [4.78, 5) is 37.8. The lowest BCUT2D eigenvalue weighted by atomic mass is 9.86. The summed E-state index contributed by atoms with van der Waals surface area (Å²) < 4.78 is 25.8. The molecule has 2 amide bonds. The molecule has 0 saturated heterocycles. The first-order valence-corrected chi connectivity index (χ1v) is 11.0. The maximum absolute atomic E-state index is 15.0. The van der Waals surface area contributed by atoms with Gasteiger partial charge in [-0.2, -0.15) is 0 Å². The molecule has 5 rings (SSSR count). The highest BCUT2D eigenvalue weighted by atomic mass is 19.1. The van der Waals surface area contributed by atoms with Gasteiger partial charge in [-0.05, 0) is 43.7 Å². The number of benzene rings is 2. The number of nitrogens with zero attached hydrogens (tertiary/aromatic N) is 3. The van der Waals surface area contributed by atoms with Crippen molar-refractivity contribution in [3.05, 3.63) is 83.6 Å². The van der Waals surface area contributed by atoms with Gasteiger partial charge in [0.25, 0.3) is 17.8 Å². The lowest BCUT2D eigenvalue weighted by Crippen LogP contribution is -2.41. The van der Waals surface area contributed by atoms with E-state index >= 15 is 4.39 Å². The van der Waals surface area contributed by atoms with Gasteiger partial charge in [0.05, 0.1) is 25.0 Å². The Kier molecular flexibility index (Phi) is 5.64. The normalized spacial score (nSPS) is 22.2. The molecule has 35 heavy (non-hydrogen) atoms. The molecule has 178 valence electrons. The molecule has 2 N–H and O–H groups in total. The summed E-state index contributed by atoms with van der Waals surface area (Å²) in [5.41, 5.74) is 0.209. The van der Waals surface area contributed by atoms with Crippen molar-refractivity contribution in [1.82, 2.24) is 15.3 Å². The Bertz CT molecular complexity index is 1320. The standard InChI is InChI=1S/C25H22FN5O4/c1-25(17-11-20(17)35-24(31-25)30-22(32)14-6-4-3-5-7-14)16-10-15(8-9-18(16)26)29-23(33)19-12-28-21(34-2)13-27-19/h3-10,12-13,17,20H,11H2,1-2H3,(H,29,33)(H,30,31,32)/t17-,20+,25-/m1/s1. The fourth-order valence-corrected chi connectivity index (χ4v) is 4.16. The van der Waals surface area contributed by atoms with E-state index in [0.717, 1.165) is 0 Å².